The molecule has 31 heavy (non-hydrogen) atoms. The average molecular weight is 436 g/mol. The van der Waals surface area contributed by atoms with Crippen molar-refractivity contribution in [1.29, 1.82) is 0 Å². The fraction of sp³-hybridized carbons (Fsp3) is 0.182. The van der Waals surface area contributed by atoms with Gasteiger partial charge in [0.15, 0.2) is 22.5 Å². The fourth-order valence-corrected chi connectivity index (χ4v) is 3.81. The number of benzene rings is 2. The molecule has 0 saturated heterocycles. The number of rotatable bonds is 9. The summed E-state index contributed by atoms with van der Waals surface area (Å²) >= 11 is 1.48. The molecule has 0 aliphatic rings. The van der Waals surface area contributed by atoms with Gasteiger partial charge < -0.3 is 14.0 Å². The Kier molecular flexibility index (Phi) is 6.32. The SMILES string of the molecule is C=CCn1c(SCc2nc(-c3ccc(OC)c(OC)c3)no2)nnc1-c1ccccc1. The van der Waals surface area contributed by atoms with E-state index in [-0.39, 0.29) is 0 Å². The van der Waals surface area contributed by atoms with E-state index in [4.69, 9.17) is 14.0 Å². The van der Waals surface area contributed by atoms with Crippen LogP contribution < -0.4 is 9.47 Å². The number of thioether (sulfide) groups is 1. The largest absolute Gasteiger partial charge is 0.493 e. The maximum absolute atomic E-state index is 5.43. The van der Waals surface area contributed by atoms with E-state index >= 15 is 0 Å². The summed E-state index contributed by atoms with van der Waals surface area (Å²) in [4.78, 5) is 4.49. The predicted octanol–water partition coefficient (Wildman–Crippen LogP) is 4.49. The van der Waals surface area contributed by atoms with Crippen molar-refractivity contribution in [3.8, 4) is 34.3 Å². The molecule has 8 nitrogen and oxygen atoms in total. The molecule has 9 heteroatoms. The van der Waals surface area contributed by atoms with Crippen LogP contribution in [0.2, 0.25) is 0 Å². The van der Waals surface area contributed by atoms with Gasteiger partial charge in [0.1, 0.15) is 0 Å². The third-order valence-corrected chi connectivity index (χ3v) is 5.45. The van der Waals surface area contributed by atoms with E-state index in [1.165, 1.54) is 11.8 Å². The number of aromatic nitrogens is 5. The summed E-state index contributed by atoms with van der Waals surface area (Å²) in [6, 6.07) is 15.4. The molecule has 0 amide bonds. The molecule has 0 atom stereocenters. The normalized spacial score (nSPS) is 10.8. The topological polar surface area (TPSA) is 88.1 Å². The molecular formula is C22H21N5O3S. The highest BCUT2D eigenvalue weighted by Crippen LogP contribution is 2.32. The van der Waals surface area contributed by atoms with Crippen LogP contribution in [0.15, 0.2) is 70.9 Å². The van der Waals surface area contributed by atoms with Crippen molar-refractivity contribution in [2.45, 2.75) is 17.5 Å². The van der Waals surface area contributed by atoms with Crippen molar-refractivity contribution in [3.63, 3.8) is 0 Å². The highest BCUT2D eigenvalue weighted by Gasteiger charge is 2.16. The highest BCUT2D eigenvalue weighted by molar-refractivity contribution is 7.98. The number of hydrogen-bond donors (Lipinski definition) is 0. The van der Waals surface area contributed by atoms with Crippen LogP contribution in [0.5, 0.6) is 11.5 Å². The van der Waals surface area contributed by atoms with Gasteiger partial charge in [0.05, 0.1) is 20.0 Å². The van der Waals surface area contributed by atoms with E-state index in [1.54, 1.807) is 14.2 Å². The standard InChI is InChI=1S/C22H21N5O3S/c1-4-12-27-21(15-8-6-5-7-9-15)24-25-22(27)31-14-19-23-20(26-30-19)16-10-11-17(28-2)18(13-16)29-3/h4-11,13H,1,12,14H2,2-3H3. The third-order valence-electron chi connectivity index (χ3n) is 4.50. The summed E-state index contributed by atoms with van der Waals surface area (Å²) in [6.45, 7) is 4.44. The lowest BCUT2D eigenvalue weighted by Crippen LogP contribution is -2.00. The van der Waals surface area contributed by atoms with Crippen molar-refractivity contribution in [2.24, 2.45) is 0 Å². The molecule has 0 aliphatic carbocycles. The zero-order valence-electron chi connectivity index (χ0n) is 17.2. The monoisotopic (exact) mass is 435 g/mol. The van der Waals surface area contributed by atoms with Crippen LogP contribution in [0.25, 0.3) is 22.8 Å². The van der Waals surface area contributed by atoms with Gasteiger partial charge in [-0.25, -0.2) is 0 Å². The van der Waals surface area contributed by atoms with Gasteiger partial charge in [0.25, 0.3) is 0 Å². The second kappa shape index (κ2) is 9.48. The van der Waals surface area contributed by atoms with E-state index in [1.807, 2.05) is 59.2 Å². The Hall–Kier alpha value is -3.59. The molecule has 0 bridgehead atoms. The van der Waals surface area contributed by atoms with Crippen LogP contribution in [-0.2, 0) is 12.3 Å². The van der Waals surface area contributed by atoms with E-state index in [2.05, 4.69) is 26.9 Å². The van der Waals surface area contributed by atoms with E-state index in [0.29, 0.717) is 35.5 Å². The summed E-state index contributed by atoms with van der Waals surface area (Å²) in [5.74, 6) is 3.47. The molecule has 158 valence electrons. The summed E-state index contributed by atoms with van der Waals surface area (Å²) in [5.41, 5.74) is 1.77. The van der Waals surface area contributed by atoms with Gasteiger partial charge in [-0.2, -0.15) is 4.98 Å². The van der Waals surface area contributed by atoms with Gasteiger partial charge in [-0.05, 0) is 18.2 Å². The first-order valence-electron chi connectivity index (χ1n) is 9.50. The zero-order chi connectivity index (χ0) is 21.6. The first-order chi connectivity index (χ1) is 15.2. The Morgan fingerprint density at radius 1 is 1.03 bits per heavy atom. The van der Waals surface area contributed by atoms with Crippen LogP contribution in [0.1, 0.15) is 5.89 Å². The number of allylic oxidation sites excluding steroid dienone is 1. The first kappa shape index (κ1) is 20.7. The Bertz CT molecular complexity index is 1170. The molecule has 4 aromatic rings. The van der Waals surface area contributed by atoms with Crippen molar-refractivity contribution in [3.05, 3.63) is 67.1 Å². The molecule has 4 rings (SSSR count). The molecule has 0 saturated carbocycles. The molecule has 0 aliphatic heterocycles. The minimum Gasteiger partial charge on any atom is -0.493 e. The van der Waals surface area contributed by atoms with Crippen molar-refractivity contribution in [2.75, 3.05) is 14.2 Å². The van der Waals surface area contributed by atoms with Gasteiger partial charge >= 0.3 is 0 Å². The zero-order valence-corrected chi connectivity index (χ0v) is 18.0. The predicted molar refractivity (Wildman–Crippen MR) is 118 cm³/mol. The molecule has 0 N–H and O–H groups in total. The second-order valence-corrected chi connectivity index (χ2v) is 7.38. The number of nitrogens with zero attached hydrogens (tertiary/aromatic N) is 5. The Morgan fingerprint density at radius 3 is 2.58 bits per heavy atom. The number of methoxy groups -OCH3 is 2. The average Bonchev–Trinajstić information content (AvgIpc) is 3.45. The quantitative estimate of drug-likeness (QED) is 0.281. The first-order valence-corrected chi connectivity index (χ1v) is 10.5. The van der Waals surface area contributed by atoms with Crippen molar-refractivity contribution < 1.29 is 14.0 Å². The Morgan fingerprint density at radius 2 is 1.84 bits per heavy atom. The van der Waals surface area contributed by atoms with Gasteiger partial charge in [0, 0.05) is 17.7 Å². The summed E-state index contributed by atoms with van der Waals surface area (Å²) in [6.07, 6.45) is 1.82. The lowest BCUT2D eigenvalue weighted by Gasteiger charge is -2.07. The summed E-state index contributed by atoms with van der Waals surface area (Å²) in [5, 5.41) is 13.5. The van der Waals surface area contributed by atoms with Gasteiger partial charge in [-0.15, -0.1) is 16.8 Å². The van der Waals surface area contributed by atoms with Gasteiger partial charge in [-0.1, -0.05) is 53.3 Å². The molecule has 0 radical (unpaired) electrons. The van der Waals surface area contributed by atoms with E-state index < -0.39 is 0 Å². The summed E-state index contributed by atoms with van der Waals surface area (Å²) in [7, 11) is 3.18. The summed E-state index contributed by atoms with van der Waals surface area (Å²) < 4.78 is 18.1. The van der Waals surface area contributed by atoms with E-state index in [9.17, 15) is 0 Å². The molecule has 2 aromatic heterocycles. The second-order valence-electron chi connectivity index (χ2n) is 6.44. The van der Waals surface area contributed by atoms with Crippen molar-refractivity contribution in [1.82, 2.24) is 24.9 Å². The van der Waals surface area contributed by atoms with Crippen LogP contribution >= 0.6 is 11.8 Å². The van der Waals surface area contributed by atoms with E-state index in [0.717, 1.165) is 22.1 Å². The minimum absolute atomic E-state index is 0.463. The lowest BCUT2D eigenvalue weighted by atomic mass is 10.2. The highest BCUT2D eigenvalue weighted by atomic mass is 32.2. The molecule has 2 aromatic carbocycles. The molecule has 0 unspecified atom stereocenters. The molecular weight excluding hydrogens is 414 g/mol. The number of hydrogen-bond acceptors (Lipinski definition) is 8. The molecule has 0 spiro atoms. The third kappa shape index (κ3) is 4.46. The Balaban J connectivity index is 1.52. The Labute approximate surface area is 183 Å². The minimum atomic E-state index is 0.463. The fourth-order valence-electron chi connectivity index (χ4n) is 3.02. The number of ether oxygens (including phenoxy) is 2. The van der Waals surface area contributed by atoms with Crippen molar-refractivity contribution >= 4 is 11.8 Å². The lowest BCUT2D eigenvalue weighted by molar-refractivity contribution is 0.355. The van der Waals surface area contributed by atoms with Crippen LogP contribution in [0, 0.1) is 0 Å². The van der Waals surface area contributed by atoms with Crippen LogP contribution in [-0.4, -0.2) is 39.1 Å². The maximum atomic E-state index is 5.43. The van der Waals surface area contributed by atoms with Gasteiger partial charge in [0.2, 0.25) is 11.7 Å². The van der Waals surface area contributed by atoms with Crippen LogP contribution in [0.3, 0.4) is 0 Å². The maximum Gasteiger partial charge on any atom is 0.237 e. The molecule has 2 heterocycles. The molecule has 0 fully saturated rings. The van der Waals surface area contributed by atoms with Crippen LogP contribution in [0.4, 0.5) is 0 Å². The van der Waals surface area contributed by atoms with Gasteiger partial charge in [-0.3, -0.25) is 4.57 Å². The smallest absolute Gasteiger partial charge is 0.237 e.